The Morgan fingerprint density at radius 1 is 0.776 bits per heavy atom. The van der Waals surface area contributed by atoms with Crippen LogP contribution in [-0.2, 0) is 39.8 Å². The van der Waals surface area contributed by atoms with Crippen molar-refractivity contribution in [2.75, 3.05) is 6.54 Å². The maximum absolute atomic E-state index is 13.1. The van der Waals surface area contributed by atoms with Gasteiger partial charge in [0, 0.05) is 24.5 Å². The number of carbonyl (C=O) groups excluding carboxylic acids is 5. The summed E-state index contributed by atoms with van der Waals surface area (Å²) >= 11 is 0. The molecule has 0 unspecified atom stereocenters. The number of esters is 3. The van der Waals surface area contributed by atoms with E-state index in [1.54, 1.807) is 68.5 Å². The molecule has 0 aliphatic rings. The third-order valence-electron chi connectivity index (χ3n) is 6.71. The van der Waals surface area contributed by atoms with Crippen molar-refractivity contribution in [3.8, 4) is 0 Å². The van der Waals surface area contributed by atoms with Gasteiger partial charge in [-0.05, 0) is 112 Å². The number of carbonyl (C=O) groups is 5. The first-order valence-corrected chi connectivity index (χ1v) is 16.7. The monoisotopic (exact) mass is 685 g/mol. The molecule has 0 saturated heterocycles. The van der Waals surface area contributed by atoms with E-state index in [4.69, 9.17) is 19.9 Å². The van der Waals surface area contributed by atoms with Crippen LogP contribution in [0.25, 0.3) is 10.9 Å². The number of fused-ring (bicyclic) bond motifs is 1. The Morgan fingerprint density at radius 2 is 1.33 bits per heavy atom. The second-order valence-corrected chi connectivity index (χ2v) is 15.0. The fourth-order valence-corrected chi connectivity index (χ4v) is 4.65. The highest BCUT2D eigenvalue weighted by Crippen LogP contribution is 2.16. The van der Waals surface area contributed by atoms with Gasteiger partial charge in [-0.2, -0.15) is 0 Å². The zero-order valence-electron chi connectivity index (χ0n) is 30.4. The van der Waals surface area contributed by atoms with Crippen molar-refractivity contribution in [2.24, 2.45) is 5.73 Å². The van der Waals surface area contributed by atoms with Crippen molar-refractivity contribution >= 4 is 40.7 Å². The highest BCUT2D eigenvalue weighted by molar-refractivity contribution is 5.87. The number of nitrogens with zero attached hydrogens (tertiary/aromatic N) is 1. The summed E-state index contributed by atoms with van der Waals surface area (Å²) in [5.74, 6) is -2.23. The van der Waals surface area contributed by atoms with E-state index in [9.17, 15) is 24.0 Å². The van der Waals surface area contributed by atoms with Gasteiger partial charge in [-0.25, -0.2) is 14.4 Å². The minimum atomic E-state index is -1.18. The quantitative estimate of drug-likeness (QED) is 0.120. The summed E-state index contributed by atoms with van der Waals surface area (Å²) in [5, 5.41) is 8.95. The van der Waals surface area contributed by atoms with E-state index in [2.05, 4.69) is 20.9 Å². The summed E-state index contributed by atoms with van der Waals surface area (Å²) in [4.78, 5) is 68.5. The van der Waals surface area contributed by atoms with Crippen molar-refractivity contribution in [1.82, 2.24) is 20.9 Å². The number of rotatable bonds is 15. The summed E-state index contributed by atoms with van der Waals surface area (Å²) in [6.45, 7) is 15.7. The minimum absolute atomic E-state index is 0.0758. The molecular formula is C36H55N5O8. The Balaban J connectivity index is 1.97. The molecule has 0 bridgehead atoms. The SMILES string of the molecule is CC(C)(C)OC(=O)CC[C@H](NC(=O)N[C@@H](CCCCNC(=O)[C@H](N)Cc1cnc2ccccc2c1)C(=O)OC(C)(C)C)C(=O)OC(C)(C)C. The van der Waals surface area contributed by atoms with Crippen molar-refractivity contribution in [1.29, 1.82) is 0 Å². The van der Waals surface area contributed by atoms with Gasteiger partial charge < -0.3 is 35.9 Å². The zero-order valence-corrected chi connectivity index (χ0v) is 30.4. The van der Waals surface area contributed by atoms with Gasteiger partial charge in [0.1, 0.15) is 28.9 Å². The van der Waals surface area contributed by atoms with Gasteiger partial charge in [0.25, 0.3) is 0 Å². The van der Waals surface area contributed by atoms with E-state index in [1.807, 2.05) is 30.3 Å². The van der Waals surface area contributed by atoms with Gasteiger partial charge >= 0.3 is 23.9 Å². The predicted octanol–water partition coefficient (Wildman–Crippen LogP) is 4.23. The molecular weight excluding hydrogens is 630 g/mol. The van der Waals surface area contributed by atoms with Gasteiger partial charge in [0.2, 0.25) is 5.91 Å². The first-order chi connectivity index (χ1) is 22.6. The van der Waals surface area contributed by atoms with Crippen LogP contribution in [0, 0.1) is 0 Å². The molecule has 0 spiro atoms. The van der Waals surface area contributed by atoms with E-state index >= 15 is 0 Å². The predicted molar refractivity (Wildman–Crippen MR) is 186 cm³/mol. The third kappa shape index (κ3) is 16.6. The normalized spacial score (nSPS) is 13.8. The van der Waals surface area contributed by atoms with Crippen molar-refractivity contribution in [3.05, 3.63) is 42.1 Å². The fourth-order valence-electron chi connectivity index (χ4n) is 4.65. The van der Waals surface area contributed by atoms with E-state index in [0.29, 0.717) is 25.8 Å². The number of hydrogen-bond acceptors (Lipinski definition) is 10. The first-order valence-electron chi connectivity index (χ1n) is 16.7. The van der Waals surface area contributed by atoms with Gasteiger partial charge in [-0.3, -0.25) is 14.6 Å². The summed E-state index contributed by atoms with van der Waals surface area (Å²) < 4.78 is 16.3. The maximum Gasteiger partial charge on any atom is 0.329 e. The molecule has 0 radical (unpaired) electrons. The second kappa shape index (κ2) is 17.9. The van der Waals surface area contributed by atoms with Gasteiger partial charge in [-0.1, -0.05) is 18.2 Å². The number of benzene rings is 1. The smallest absolute Gasteiger partial charge is 0.329 e. The van der Waals surface area contributed by atoms with Crippen LogP contribution in [0.15, 0.2) is 36.5 Å². The molecule has 0 aliphatic heterocycles. The number of nitrogens with one attached hydrogen (secondary N) is 3. The van der Waals surface area contributed by atoms with Gasteiger partial charge in [0.15, 0.2) is 0 Å². The largest absolute Gasteiger partial charge is 0.460 e. The average molecular weight is 686 g/mol. The van der Waals surface area contributed by atoms with Crippen LogP contribution in [-0.4, -0.2) is 76.3 Å². The number of amides is 3. The Bertz CT molecular complexity index is 1440. The molecule has 3 amide bonds. The number of ether oxygens (including phenoxy) is 3. The molecule has 3 atom stereocenters. The molecule has 1 aromatic carbocycles. The second-order valence-electron chi connectivity index (χ2n) is 15.0. The van der Waals surface area contributed by atoms with Crippen molar-refractivity contribution in [3.63, 3.8) is 0 Å². The molecule has 272 valence electrons. The molecule has 0 saturated carbocycles. The van der Waals surface area contributed by atoms with E-state index in [-0.39, 0.29) is 25.2 Å². The lowest BCUT2D eigenvalue weighted by molar-refractivity contribution is -0.159. The molecule has 0 aliphatic carbocycles. The maximum atomic E-state index is 13.1. The Hall–Kier alpha value is -4.26. The standard InChI is InChI=1S/C36H55N5O8/c1-34(2,3)47-29(42)18-17-28(32(45)49-36(7,8)9)41-33(46)40-27(31(44)48-35(4,5)6)16-12-13-19-38-30(43)25(37)21-23-20-24-14-10-11-15-26(24)39-22-23/h10-11,14-15,20,22,25,27-28H,12-13,16-19,21,37H2,1-9H3,(H,38,43)(H2,40,41,46)/t25-,27+,28+/m1/s1. The summed E-state index contributed by atoms with van der Waals surface area (Å²) in [5.41, 5.74) is 5.50. The Labute approximate surface area is 289 Å². The Morgan fingerprint density at radius 3 is 1.90 bits per heavy atom. The summed E-state index contributed by atoms with van der Waals surface area (Å²) in [6, 6.07) is 5.85. The lowest BCUT2D eigenvalue weighted by Gasteiger charge is -2.27. The number of hydrogen-bond donors (Lipinski definition) is 4. The van der Waals surface area contributed by atoms with Gasteiger partial charge in [-0.15, -0.1) is 0 Å². The molecule has 2 aromatic rings. The van der Waals surface area contributed by atoms with Crippen LogP contribution in [0.2, 0.25) is 0 Å². The van der Waals surface area contributed by atoms with Gasteiger partial charge in [0.05, 0.1) is 11.6 Å². The molecule has 49 heavy (non-hydrogen) atoms. The lowest BCUT2D eigenvalue weighted by atomic mass is 10.1. The molecule has 1 heterocycles. The number of urea groups is 1. The van der Waals surface area contributed by atoms with Crippen molar-refractivity contribution in [2.45, 2.75) is 136 Å². The molecule has 0 fully saturated rings. The van der Waals surface area contributed by atoms with Crippen LogP contribution in [0.5, 0.6) is 0 Å². The van der Waals surface area contributed by atoms with Crippen LogP contribution in [0.4, 0.5) is 4.79 Å². The molecule has 2 rings (SSSR count). The number of para-hydroxylation sites is 1. The third-order valence-corrected chi connectivity index (χ3v) is 6.71. The van der Waals surface area contributed by atoms with Crippen LogP contribution < -0.4 is 21.7 Å². The zero-order chi connectivity index (χ0) is 37.0. The first kappa shape index (κ1) is 40.9. The number of aromatic nitrogens is 1. The van der Waals surface area contributed by atoms with Crippen LogP contribution in [0.1, 0.15) is 100.0 Å². The molecule has 5 N–H and O–H groups in total. The minimum Gasteiger partial charge on any atom is -0.460 e. The van der Waals surface area contributed by atoms with Crippen LogP contribution >= 0.6 is 0 Å². The highest BCUT2D eigenvalue weighted by atomic mass is 16.6. The number of unbranched alkanes of at least 4 members (excludes halogenated alkanes) is 1. The molecule has 13 nitrogen and oxygen atoms in total. The summed E-state index contributed by atoms with van der Waals surface area (Å²) in [6.07, 6.45) is 2.95. The fraction of sp³-hybridized carbons (Fsp3) is 0.611. The Kier molecular flexibility index (Phi) is 15.0. The van der Waals surface area contributed by atoms with E-state index < -0.39 is 58.9 Å². The van der Waals surface area contributed by atoms with Crippen molar-refractivity contribution < 1.29 is 38.2 Å². The van der Waals surface area contributed by atoms with Crippen LogP contribution in [0.3, 0.4) is 0 Å². The van der Waals surface area contributed by atoms with E-state index in [1.165, 1.54) is 0 Å². The summed E-state index contributed by atoms with van der Waals surface area (Å²) in [7, 11) is 0. The molecule has 13 heteroatoms. The number of nitrogens with two attached hydrogens (primary N) is 1. The highest BCUT2D eigenvalue weighted by Gasteiger charge is 2.31. The topological polar surface area (TPSA) is 188 Å². The van der Waals surface area contributed by atoms with E-state index in [0.717, 1.165) is 16.5 Å². The lowest BCUT2D eigenvalue weighted by Crippen LogP contribution is -2.53. The molecule has 1 aromatic heterocycles. The average Bonchev–Trinajstić information content (AvgIpc) is 2.95. The number of pyridine rings is 1.